The Morgan fingerprint density at radius 1 is 0.538 bits per heavy atom. The number of carbonyl (C=O) groups excluding carboxylic acids is 2. The SMILES string of the molecule is O=Cc1c(F)c(C(F)(F)F)c2c(F)c(C=O)c(F)c(C(F)(F)F)c2c1F. The fraction of sp³-hybridized carbons (Fsp3) is 0.143. The molecule has 0 aliphatic rings. The van der Waals surface area contributed by atoms with Gasteiger partial charge in [-0.2, -0.15) is 26.3 Å². The Kier molecular flexibility index (Phi) is 4.50. The van der Waals surface area contributed by atoms with Crippen molar-refractivity contribution in [2.45, 2.75) is 12.4 Å². The van der Waals surface area contributed by atoms with Gasteiger partial charge in [-0.25, -0.2) is 17.6 Å². The van der Waals surface area contributed by atoms with Crippen LogP contribution in [-0.2, 0) is 12.4 Å². The quantitative estimate of drug-likeness (QED) is 0.529. The first-order valence-corrected chi connectivity index (χ1v) is 6.19. The van der Waals surface area contributed by atoms with Gasteiger partial charge in [-0.05, 0) is 0 Å². The minimum Gasteiger partial charge on any atom is -0.298 e. The molecule has 140 valence electrons. The Balaban J connectivity index is 3.43. The molecule has 0 saturated carbocycles. The van der Waals surface area contributed by atoms with Crippen LogP contribution in [0.15, 0.2) is 0 Å². The summed E-state index contributed by atoms with van der Waals surface area (Å²) in [4.78, 5) is 21.3. The van der Waals surface area contributed by atoms with Gasteiger partial charge in [0.25, 0.3) is 0 Å². The number of alkyl halides is 6. The third-order valence-corrected chi connectivity index (χ3v) is 3.38. The summed E-state index contributed by atoms with van der Waals surface area (Å²) < 4.78 is 134. The normalized spacial score (nSPS) is 12.5. The third kappa shape index (κ3) is 2.69. The van der Waals surface area contributed by atoms with Crippen molar-refractivity contribution in [1.82, 2.24) is 0 Å². The summed E-state index contributed by atoms with van der Waals surface area (Å²) in [5, 5.41) is -4.71. The molecule has 12 heteroatoms. The van der Waals surface area contributed by atoms with Crippen LogP contribution < -0.4 is 0 Å². The largest absolute Gasteiger partial charge is 0.419 e. The Morgan fingerprint density at radius 3 is 1.00 bits per heavy atom. The number of carbonyl (C=O) groups is 2. The van der Waals surface area contributed by atoms with E-state index in [0.717, 1.165) is 0 Å². The summed E-state index contributed by atoms with van der Waals surface area (Å²) in [6.07, 6.45) is -13.6. The summed E-state index contributed by atoms with van der Waals surface area (Å²) >= 11 is 0. The molecule has 0 aromatic heterocycles. The Labute approximate surface area is 136 Å². The molecule has 0 aliphatic carbocycles. The predicted octanol–water partition coefficient (Wildman–Crippen LogP) is 5.06. The van der Waals surface area contributed by atoms with E-state index >= 15 is 0 Å². The van der Waals surface area contributed by atoms with E-state index in [1.54, 1.807) is 0 Å². The fourth-order valence-electron chi connectivity index (χ4n) is 2.38. The van der Waals surface area contributed by atoms with Crippen molar-refractivity contribution in [3.63, 3.8) is 0 Å². The van der Waals surface area contributed by atoms with Gasteiger partial charge in [-0.15, -0.1) is 0 Å². The molecule has 0 atom stereocenters. The minimum atomic E-state index is -5.91. The van der Waals surface area contributed by atoms with Crippen LogP contribution in [0.25, 0.3) is 10.8 Å². The average molecular weight is 392 g/mol. The van der Waals surface area contributed by atoms with E-state index in [1.807, 2.05) is 0 Å². The molecule has 0 radical (unpaired) electrons. The highest BCUT2D eigenvalue weighted by molar-refractivity contribution is 5.99. The zero-order valence-corrected chi connectivity index (χ0v) is 11.8. The van der Waals surface area contributed by atoms with Gasteiger partial charge in [-0.3, -0.25) is 9.59 Å². The molecular formula is C14H2F10O2. The second-order valence-corrected chi connectivity index (χ2v) is 4.81. The zero-order valence-electron chi connectivity index (χ0n) is 11.8. The van der Waals surface area contributed by atoms with E-state index in [-0.39, 0.29) is 0 Å². The molecular weight excluding hydrogens is 390 g/mol. The smallest absolute Gasteiger partial charge is 0.298 e. The fourth-order valence-corrected chi connectivity index (χ4v) is 2.38. The first kappa shape index (κ1) is 19.7. The first-order valence-electron chi connectivity index (χ1n) is 6.19. The van der Waals surface area contributed by atoms with E-state index in [0.29, 0.717) is 0 Å². The summed E-state index contributed by atoms with van der Waals surface area (Å²) in [6, 6.07) is 0. The van der Waals surface area contributed by atoms with Gasteiger partial charge in [0.15, 0.2) is 12.6 Å². The second-order valence-electron chi connectivity index (χ2n) is 4.81. The number of hydrogen-bond acceptors (Lipinski definition) is 2. The van der Waals surface area contributed by atoms with Crippen LogP contribution in [0, 0.1) is 23.3 Å². The Hall–Kier alpha value is -2.66. The van der Waals surface area contributed by atoms with Gasteiger partial charge in [0, 0.05) is 10.8 Å². The van der Waals surface area contributed by atoms with Crippen molar-refractivity contribution in [2.24, 2.45) is 0 Å². The lowest BCUT2D eigenvalue weighted by Crippen LogP contribution is -2.19. The Morgan fingerprint density at radius 2 is 0.808 bits per heavy atom. The highest BCUT2D eigenvalue weighted by Crippen LogP contribution is 2.46. The number of rotatable bonds is 2. The maximum absolute atomic E-state index is 14.1. The lowest BCUT2D eigenvalue weighted by atomic mass is 9.92. The maximum Gasteiger partial charge on any atom is 0.419 e. The number of fused-ring (bicyclic) bond motifs is 1. The number of halogens is 10. The van der Waals surface area contributed by atoms with Gasteiger partial charge < -0.3 is 0 Å². The van der Waals surface area contributed by atoms with Crippen LogP contribution in [0.5, 0.6) is 0 Å². The van der Waals surface area contributed by atoms with Crippen LogP contribution in [0.3, 0.4) is 0 Å². The number of hydrogen-bond donors (Lipinski definition) is 0. The Bertz CT molecular complexity index is 863. The van der Waals surface area contributed by atoms with Crippen LogP contribution in [0.1, 0.15) is 31.8 Å². The maximum atomic E-state index is 14.1. The standard InChI is InChI=1S/C14H2F10O2/c15-9-3(1-25)11(17)7(13(19,20)21)6-5(9)8(14(22,23)24)12(18)4(2-26)10(6)16/h1-2H. The van der Waals surface area contributed by atoms with Gasteiger partial charge >= 0.3 is 12.4 Å². The van der Waals surface area contributed by atoms with Gasteiger partial charge in [0.1, 0.15) is 34.4 Å². The molecule has 26 heavy (non-hydrogen) atoms. The molecule has 2 rings (SSSR count). The van der Waals surface area contributed by atoms with E-state index in [2.05, 4.69) is 0 Å². The molecule has 0 fully saturated rings. The molecule has 0 saturated heterocycles. The zero-order chi connectivity index (χ0) is 20.2. The number of benzene rings is 2. The molecule has 0 bridgehead atoms. The van der Waals surface area contributed by atoms with Crippen molar-refractivity contribution >= 4 is 23.3 Å². The number of aldehydes is 2. The van der Waals surface area contributed by atoms with Crippen LogP contribution >= 0.6 is 0 Å². The monoisotopic (exact) mass is 392 g/mol. The van der Waals surface area contributed by atoms with Gasteiger partial charge in [-0.1, -0.05) is 0 Å². The second kappa shape index (κ2) is 5.95. The average Bonchev–Trinajstić information content (AvgIpc) is 2.46. The van der Waals surface area contributed by atoms with E-state index < -0.39 is 81.2 Å². The minimum absolute atomic E-state index is 0.872. The summed E-state index contributed by atoms with van der Waals surface area (Å²) in [5.74, 6) is -10.5. The molecule has 0 unspecified atom stereocenters. The lowest BCUT2D eigenvalue weighted by molar-refractivity contribution is -0.141. The molecule has 0 spiro atoms. The molecule has 0 aliphatic heterocycles. The van der Waals surface area contributed by atoms with E-state index in [9.17, 15) is 53.5 Å². The van der Waals surface area contributed by atoms with Crippen molar-refractivity contribution < 1.29 is 53.5 Å². The van der Waals surface area contributed by atoms with Crippen molar-refractivity contribution in [3.05, 3.63) is 45.5 Å². The predicted molar refractivity (Wildman–Crippen MR) is 64.6 cm³/mol. The molecule has 0 amide bonds. The molecule has 2 nitrogen and oxygen atoms in total. The topological polar surface area (TPSA) is 34.1 Å². The van der Waals surface area contributed by atoms with Crippen LogP contribution in [0.4, 0.5) is 43.9 Å². The summed E-state index contributed by atoms with van der Waals surface area (Å²) in [6.45, 7) is 0. The molecule has 2 aromatic carbocycles. The van der Waals surface area contributed by atoms with Crippen molar-refractivity contribution in [1.29, 1.82) is 0 Å². The van der Waals surface area contributed by atoms with Crippen molar-refractivity contribution in [2.75, 3.05) is 0 Å². The third-order valence-electron chi connectivity index (χ3n) is 3.38. The van der Waals surface area contributed by atoms with Gasteiger partial charge in [0.05, 0.1) is 11.1 Å². The molecule has 0 heterocycles. The highest BCUT2D eigenvalue weighted by Gasteiger charge is 2.46. The molecule has 0 N–H and O–H groups in total. The first-order chi connectivity index (χ1) is 11.8. The highest BCUT2D eigenvalue weighted by atomic mass is 19.4. The van der Waals surface area contributed by atoms with Crippen LogP contribution in [0.2, 0.25) is 0 Å². The van der Waals surface area contributed by atoms with E-state index in [4.69, 9.17) is 0 Å². The summed E-state index contributed by atoms with van der Waals surface area (Å²) in [7, 11) is 0. The van der Waals surface area contributed by atoms with Gasteiger partial charge in [0.2, 0.25) is 0 Å². The molecule has 2 aromatic rings. The van der Waals surface area contributed by atoms with Crippen LogP contribution in [-0.4, -0.2) is 12.6 Å². The van der Waals surface area contributed by atoms with E-state index in [1.165, 1.54) is 0 Å². The van der Waals surface area contributed by atoms with Crippen molar-refractivity contribution in [3.8, 4) is 0 Å². The lowest BCUT2D eigenvalue weighted by Gasteiger charge is -2.20. The summed E-state index contributed by atoms with van der Waals surface area (Å²) in [5.41, 5.74) is -9.76.